The van der Waals surface area contributed by atoms with Crippen molar-refractivity contribution in [3.8, 4) is 17.9 Å². The molecule has 2 unspecified atom stereocenters. The SMILES string of the molecule is CC(=O)OC(C#N)C(CC#CCNC(=O)OCc1ccccc1)NC(=O)OC(C)(C)C. The lowest BCUT2D eigenvalue weighted by Gasteiger charge is -2.24. The van der Waals surface area contributed by atoms with Crippen molar-refractivity contribution in [1.29, 1.82) is 5.26 Å². The Morgan fingerprint density at radius 2 is 1.77 bits per heavy atom. The number of carbonyl (C=O) groups is 3. The zero-order valence-electron chi connectivity index (χ0n) is 18.1. The van der Waals surface area contributed by atoms with E-state index in [1.54, 1.807) is 20.8 Å². The van der Waals surface area contributed by atoms with Crippen LogP contribution in [0.15, 0.2) is 30.3 Å². The molecule has 166 valence electrons. The molecule has 2 amide bonds. The van der Waals surface area contributed by atoms with Crippen LogP contribution >= 0.6 is 0 Å². The van der Waals surface area contributed by atoms with Crippen molar-refractivity contribution in [2.75, 3.05) is 6.54 Å². The third-order valence-electron chi connectivity index (χ3n) is 3.47. The van der Waals surface area contributed by atoms with Crippen LogP contribution in [0, 0.1) is 23.2 Å². The van der Waals surface area contributed by atoms with Gasteiger partial charge < -0.3 is 24.8 Å². The monoisotopic (exact) mass is 429 g/mol. The number of hydrogen-bond acceptors (Lipinski definition) is 7. The van der Waals surface area contributed by atoms with Gasteiger partial charge in [-0.2, -0.15) is 5.26 Å². The Labute approximate surface area is 182 Å². The molecule has 0 spiro atoms. The van der Waals surface area contributed by atoms with E-state index in [1.165, 1.54) is 0 Å². The molecule has 2 N–H and O–H groups in total. The number of alkyl carbamates (subject to hydrolysis) is 2. The van der Waals surface area contributed by atoms with Crippen molar-refractivity contribution in [2.24, 2.45) is 0 Å². The van der Waals surface area contributed by atoms with Crippen LogP contribution in [-0.2, 0) is 25.6 Å². The van der Waals surface area contributed by atoms with Crippen LogP contribution in [0.4, 0.5) is 9.59 Å². The fourth-order valence-corrected chi connectivity index (χ4v) is 2.21. The maximum atomic E-state index is 12.0. The highest BCUT2D eigenvalue weighted by Gasteiger charge is 2.27. The summed E-state index contributed by atoms with van der Waals surface area (Å²) in [4.78, 5) is 35.0. The molecule has 0 saturated heterocycles. The van der Waals surface area contributed by atoms with Gasteiger partial charge in [0.1, 0.15) is 18.3 Å². The Hall–Kier alpha value is -3.72. The summed E-state index contributed by atoms with van der Waals surface area (Å²) in [5.74, 6) is 4.76. The Morgan fingerprint density at radius 1 is 1.10 bits per heavy atom. The Morgan fingerprint density at radius 3 is 2.35 bits per heavy atom. The van der Waals surface area contributed by atoms with Gasteiger partial charge >= 0.3 is 18.2 Å². The average Bonchev–Trinajstić information content (AvgIpc) is 2.68. The van der Waals surface area contributed by atoms with Gasteiger partial charge in [0.15, 0.2) is 0 Å². The molecule has 1 aromatic rings. The van der Waals surface area contributed by atoms with Gasteiger partial charge in [0.2, 0.25) is 6.10 Å². The minimum atomic E-state index is -1.25. The summed E-state index contributed by atoms with van der Waals surface area (Å²) in [7, 11) is 0. The Bertz CT molecular complexity index is 846. The highest BCUT2D eigenvalue weighted by Crippen LogP contribution is 2.09. The summed E-state index contributed by atoms with van der Waals surface area (Å²) in [6.07, 6.45) is -2.65. The molecule has 9 nitrogen and oxygen atoms in total. The van der Waals surface area contributed by atoms with E-state index in [9.17, 15) is 19.6 Å². The van der Waals surface area contributed by atoms with Gasteiger partial charge in [0, 0.05) is 13.3 Å². The molecule has 0 bridgehead atoms. The first-order valence-corrected chi connectivity index (χ1v) is 9.57. The van der Waals surface area contributed by atoms with E-state index in [0.29, 0.717) is 0 Å². The largest absolute Gasteiger partial charge is 0.445 e. The van der Waals surface area contributed by atoms with E-state index < -0.39 is 35.9 Å². The van der Waals surface area contributed by atoms with Gasteiger partial charge in [-0.25, -0.2) is 9.59 Å². The van der Waals surface area contributed by atoms with Crippen LogP contribution in [0.3, 0.4) is 0 Å². The molecule has 0 heterocycles. The Balaban J connectivity index is 2.58. The van der Waals surface area contributed by atoms with Crippen molar-refractivity contribution in [3.63, 3.8) is 0 Å². The predicted molar refractivity (Wildman–Crippen MR) is 111 cm³/mol. The normalized spacial score (nSPS) is 12.1. The lowest BCUT2D eigenvalue weighted by molar-refractivity contribution is -0.145. The van der Waals surface area contributed by atoms with E-state index in [0.717, 1.165) is 12.5 Å². The van der Waals surface area contributed by atoms with Crippen LogP contribution < -0.4 is 10.6 Å². The number of carbonyl (C=O) groups excluding carboxylic acids is 3. The number of nitriles is 1. The topological polar surface area (TPSA) is 127 Å². The molecule has 2 atom stereocenters. The van der Waals surface area contributed by atoms with Crippen molar-refractivity contribution in [2.45, 2.75) is 58.5 Å². The summed E-state index contributed by atoms with van der Waals surface area (Å²) >= 11 is 0. The second kappa shape index (κ2) is 12.8. The van der Waals surface area contributed by atoms with Crippen LogP contribution in [0.1, 0.15) is 39.7 Å². The number of nitrogens with one attached hydrogen (secondary N) is 2. The summed E-state index contributed by atoms with van der Waals surface area (Å²) in [5.41, 5.74) is 0.112. The molecular formula is C22H27N3O6. The maximum Gasteiger partial charge on any atom is 0.408 e. The molecule has 0 radical (unpaired) electrons. The summed E-state index contributed by atoms with van der Waals surface area (Å²) in [6.45, 7) is 6.37. The molecule has 9 heteroatoms. The van der Waals surface area contributed by atoms with Crippen molar-refractivity contribution >= 4 is 18.2 Å². The van der Waals surface area contributed by atoms with Gasteiger partial charge in [0.05, 0.1) is 12.6 Å². The first kappa shape index (κ1) is 25.3. The average molecular weight is 429 g/mol. The molecule has 0 saturated carbocycles. The van der Waals surface area contributed by atoms with Crippen LogP contribution in [0.2, 0.25) is 0 Å². The van der Waals surface area contributed by atoms with Crippen LogP contribution in [0.25, 0.3) is 0 Å². The zero-order valence-corrected chi connectivity index (χ0v) is 18.1. The molecule has 0 fully saturated rings. The number of benzene rings is 1. The van der Waals surface area contributed by atoms with E-state index in [1.807, 2.05) is 36.4 Å². The number of amides is 2. The second-order valence-corrected chi connectivity index (χ2v) is 7.38. The lowest BCUT2D eigenvalue weighted by atomic mass is 10.1. The summed E-state index contributed by atoms with van der Waals surface area (Å²) < 4.78 is 15.2. The van der Waals surface area contributed by atoms with E-state index >= 15 is 0 Å². The number of rotatable bonds is 7. The Kier molecular flexibility index (Phi) is 10.4. The van der Waals surface area contributed by atoms with E-state index in [-0.39, 0.29) is 19.6 Å². The number of hydrogen-bond donors (Lipinski definition) is 2. The molecule has 1 rings (SSSR count). The van der Waals surface area contributed by atoms with E-state index in [2.05, 4.69) is 22.5 Å². The molecule has 31 heavy (non-hydrogen) atoms. The molecular weight excluding hydrogens is 402 g/mol. The van der Waals surface area contributed by atoms with Gasteiger partial charge in [0.25, 0.3) is 0 Å². The minimum absolute atomic E-state index is 0.00241. The fraction of sp³-hybridized carbons (Fsp3) is 0.455. The first-order valence-electron chi connectivity index (χ1n) is 9.57. The number of esters is 1. The number of ether oxygens (including phenoxy) is 3. The fourth-order valence-electron chi connectivity index (χ4n) is 2.21. The third-order valence-corrected chi connectivity index (χ3v) is 3.47. The zero-order chi connectivity index (χ0) is 23.3. The van der Waals surface area contributed by atoms with Crippen molar-refractivity contribution in [3.05, 3.63) is 35.9 Å². The second-order valence-electron chi connectivity index (χ2n) is 7.38. The quantitative estimate of drug-likeness (QED) is 0.387. The lowest BCUT2D eigenvalue weighted by Crippen LogP contribution is -2.46. The highest BCUT2D eigenvalue weighted by molar-refractivity contribution is 5.69. The predicted octanol–water partition coefficient (Wildman–Crippen LogP) is 2.65. The van der Waals surface area contributed by atoms with Gasteiger partial charge in [-0.15, -0.1) is 0 Å². The smallest absolute Gasteiger partial charge is 0.408 e. The molecule has 0 aliphatic heterocycles. The van der Waals surface area contributed by atoms with E-state index in [4.69, 9.17) is 14.2 Å². The summed E-state index contributed by atoms with van der Waals surface area (Å²) in [5, 5.41) is 14.2. The molecule has 1 aromatic carbocycles. The highest BCUT2D eigenvalue weighted by atomic mass is 16.6. The third kappa shape index (κ3) is 11.8. The molecule has 0 aliphatic rings. The van der Waals surface area contributed by atoms with Crippen molar-refractivity contribution < 1.29 is 28.6 Å². The minimum Gasteiger partial charge on any atom is -0.445 e. The first-order chi connectivity index (χ1) is 14.6. The summed E-state index contributed by atoms with van der Waals surface area (Å²) in [6, 6.07) is 10.1. The van der Waals surface area contributed by atoms with Gasteiger partial charge in [-0.1, -0.05) is 42.2 Å². The number of nitrogens with zero attached hydrogens (tertiary/aromatic N) is 1. The van der Waals surface area contributed by atoms with Crippen LogP contribution in [-0.4, -0.2) is 42.4 Å². The molecule has 0 aromatic heterocycles. The van der Waals surface area contributed by atoms with Gasteiger partial charge in [-0.3, -0.25) is 4.79 Å². The van der Waals surface area contributed by atoms with Crippen LogP contribution in [0.5, 0.6) is 0 Å². The van der Waals surface area contributed by atoms with Crippen molar-refractivity contribution in [1.82, 2.24) is 10.6 Å². The standard InChI is InChI=1S/C22H27N3O6/c1-16(26)30-19(14-23)18(25-21(28)31-22(2,3)4)12-8-9-13-24-20(27)29-15-17-10-6-5-7-11-17/h5-7,10-11,18-19H,12-13,15H2,1-4H3,(H,24,27)(H,25,28). The molecule has 0 aliphatic carbocycles. The van der Waals surface area contributed by atoms with Gasteiger partial charge in [-0.05, 0) is 26.3 Å². The maximum absolute atomic E-state index is 12.0.